The molecule has 84 valence electrons. The fourth-order valence-electron chi connectivity index (χ4n) is 1.13. The summed E-state index contributed by atoms with van der Waals surface area (Å²) in [5.41, 5.74) is 5.75. The van der Waals surface area contributed by atoms with Gasteiger partial charge in [-0.15, -0.1) is 16.4 Å². The van der Waals surface area contributed by atoms with Crippen molar-refractivity contribution in [3.05, 3.63) is 28.3 Å². The summed E-state index contributed by atoms with van der Waals surface area (Å²) in [5.74, 6) is 0.0195. The molecule has 0 bridgehead atoms. The van der Waals surface area contributed by atoms with E-state index in [0.29, 0.717) is 5.89 Å². The normalized spacial score (nSPS) is 12.4. The predicted octanol–water partition coefficient (Wildman–Crippen LogP) is 1.08. The predicted molar refractivity (Wildman–Crippen MR) is 58.9 cm³/mol. The van der Waals surface area contributed by atoms with Crippen LogP contribution in [-0.4, -0.2) is 16.1 Å². The van der Waals surface area contributed by atoms with E-state index in [1.165, 1.54) is 11.3 Å². The summed E-state index contributed by atoms with van der Waals surface area (Å²) in [5, 5.41) is 11.6. The highest BCUT2D eigenvalue weighted by molar-refractivity contribution is 7.10. The van der Waals surface area contributed by atoms with Crippen LogP contribution in [0, 0.1) is 6.92 Å². The van der Waals surface area contributed by atoms with Crippen LogP contribution in [0.15, 0.2) is 21.9 Å². The molecule has 1 amide bonds. The number of rotatable bonds is 3. The van der Waals surface area contributed by atoms with Gasteiger partial charge in [-0.1, -0.05) is 11.2 Å². The van der Waals surface area contributed by atoms with Crippen molar-refractivity contribution in [2.45, 2.75) is 13.0 Å². The van der Waals surface area contributed by atoms with Gasteiger partial charge in [-0.25, -0.2) is 0 Å². The first-order valence-corrected chi connectivity index (χ1v) is 5.45. The first-order chi connectivity index (χ1) is 7.66. The fraction of sp³-hybridized carbons (Fsp3) is 0.222. The molecule has 1 unspecified atom stereocenters. The zero-order valence-electron chi connectivity index (χ0n) is 8.51. The molecule has 0 saturated heterocycles. The van der Waals surface area contributed by atoms with Crippen LogP contribution in [0.5, 0.6) is 0 Å². The minimum absolute atomic E-state index is 0.0644. The zero-order chi connectivity index (χ0) is 11.5. The lowest BCUT2D eigenvalue weighted by Gasteiger charge is -2.07. The van der Waals surface area contributed by atoms with Gasteiger partial charge in [0.25, 0.3) is 0 Å². The van der Waals surface area contributed by atoms with Crippen molar-refractivity contribution in [2.24, 2.45) is 5.73 Å². The second kappa shape index (κ2) is 4.42. The molecule has 3 N–H and O–H groups in total. The highest BCUT2D eigenvalue weighted by Crippen LogP contribution is 2.18. The molecular weight excluding hydrogens is 228 g/mol. The molecule has 2 rings (SSSR count). The van der Waals surface area contributed by atoms with Crippen LogP contribution >= 0.6 is 11.3 Å². The van der Waals surface area contributed by atoms with Gasteiger partial charge in [-0.2, -0.15) is 0 Å². The third-order valence-corrected chi connectivity index (χ3v) is 2.84. The topological polar surface area (TPSA) is 94.0 Å². The Morgan fingerprint density at radius 1 is 1.62 bits per heavy atom. The SMILES string of the molecule is Cc1nnc(NC(=O)C(N)c2cccs2)o1. The van der Waals surface area contributed by atoms with Crippen LogP contribution in [0.2, 0.25) is 0 Å². The second-order valence-corrected chi connectivity index (χ2v) is 4.09. The van der Waals surface area contributed by atoms with Gasteiger partial charge in [0.05, 0.1) is 0 Å². The summed E-state index contributed by atoms with van der Waals surface area (Å²) < 4.78 is 5.02. The molecule has 0 radical (unpaired) electrons. The Hall–Kier alpha value is -1.73. The maximum absolute atomic E-state index is 11.7. The molecule has 2 aromatic heterocycles. The van der Waals surface area contributed by atoms with Crippen molar-refractivity contribution in [3.8, 4) is 0 Å². The van der Waals surface area contributed by atoms with Gasteiger partial charge in [-0.05, 0) is 11.4 Å². The van der Waals surface area contributed by atoms with Gasteiger partial charge in [0, 0.05) is 11.8 Å². The highest BCUT2D eigenvalue weighted by Gasteiger charge is 2.18. The van der Waals surface area contributed by atoms with Crippen LogP contribution in [0.25, 0.3) is 0 Å². The number of aryl methyl sites for hydroxylation is 1. The molecule has 0 aromatic carbocycles. The molecule has 0 saturated carbocycles. The number of carbonyl (C=O) groups is 1. The molecule has 2 aromatic rings. The number of hydrogen-bond acceptors (Lipinski definition) is 6. The number of carbonyl (C=O) groups excluding carboxylic acids is 1. The van der Waals surface area contributed by atoms with E-state index in [-0.39, 0.29) is 11.9 Å². The van der Waals surface area contributed by atoms with E-state index in [0.717, 1.165) is 4.88 Å². The number of nitrogens with one attached hydrogen (secondary N) is 1. The minimum Gasteiger partial charge on any atom is -0.408 e. The second-order valence-electron chi connectivity index (χ2n) is 3.11. The third-order valence-electron chi connectivity index (χ3n) is 1.89. The molecule has 0 fully saturated rings. The van der Waals surface area contributed by atoms with E-state index in [9.17, 15) is 4.79 Å². The molecule has 0 spiro atoms. The monoisotopic (exact) mass is 238 g/mol. The van der Waals surface area contributed by atoms with E-state index in [2.05, 4.69) is 15.5 Å². The van der Waals surface area contributed by atoms with Crippen molar-refractivity contribution in [1.82, 2.24) is 10.2 Å². The number of nitrogens with zero attached hydrogens (tertiary/aromatic N) is 2. The number of amides is 1. The zero-order valence-corrected chi connectivity index (χ0v) is 9.32. The molecule has 16 heavy (non-hydrogen) atoms. The highest BCUT2D eigenvalue weighted by atomic mass is 32.1. The number of aromatic nitrogens is 2. The van der Waals surface area contributed by atoms with E-state index in [1.807, 2.05) is 11.4 Å². The molecule has 0 aliphatic rings. The third kappa shape index (κ3) is 2.26. The van der Waals surface area contributed by atoms with Crippen molar-refractivity contribution in [3.63, 3.8) is 0 Å². The van der Waals surface area contributed by atoms with Crippen LogP contribution in [-0.2, 0) is 4.79 Å². The Bertz CT molecular complexity index is 479. The Morgan fingerprint density at radius 2 is 2.44 bits per heavy atom. The van der Waals surface area contributed by atoms with Crippen LogP contribution < -0.4 is 11.1 Å². The molecule has 2 heterocycles. The van der Waals surface area contributed by atoms with E-state index >= 15 is 0 Å². The molecular formula is C9H10N4O2S. The number of thiophene rings is 1. The van der Waals surface area contributed by atoms with Crippen LogP contribution in [0.1, 0.15) is 16.8 Å². The maximum atomic E-state index is 11.7. The Labute approximate surface area is 95.5 Å². The largest absolute Gasteiger partial charge is 0.408 e. The number of nitrogens with two attached hydrogens (primary N) is 1. The van der Waals surface area contributed by atoms with Gasteiger partial charge in [0.2, 0.25) is 11.8 Å². The average Bonchev–Trinajstić information content (AvgIpc) is 2.88. The standard InChI is InChI=1S/C9H10N4O2S/c1-5-12-13-9(15-5)11-8(14)7(10)6-3-2-4-16-6/h2-4,7H,10H2,1H3,(H,11,13,14). The Balaban J connectivity index is 2.03. The first kappa shape index (κ1) is 10.8. The molecule has 6 nitrogen and oxygen atoms in total. The summed E-state index contributed by atoms with van der Waals surface area (Å²) in [4.78, 5) is 12.4. The quantitative estimate of drug-likeness (QED) is 0.834. The Kier molecular flexibility index (Phi) is 2.97. The lowest BCUT2D eigenvalue weighted by molar-refractivity contribution is -0.117. The van der Waals surface area contributed by atoms with Gasteiger partial charge in [-0.3, -0.25) is 10.1 Å². The van der Waals surface area contributed by atoms with Crippen molar-refractivity contribution in [2.75, 3.05) is 5.32 Å². The van der Waals surface area contributed by atoms with Gasteiger partial charge >= 0.3 is 6.01 Å². The van der Waals surface area contributed by atoms with E-state index < -0.39 is 6.04 Å². The number of anilines is 1. The van der Waals surface area contributed by atoms with Crippen LogP contribution in [0.4, 0.5) is 6.01 Å². The first-order valence-electron chi connectivity index (χ1n) is 4.57. The minimum atomic E-state index is -0.716. The van der Waals surface area contributed by atoms with Crippen molar-refractivity contribution in [1.29, 1.82) is 0 Å². The summed E-state index contributed by atoms with van der Waals surface area (Å²) in [6, 6.07) is 2.99. The summed E-state index contributed by atoms with van der Waals surface area (Å²) in [6.07, 6.45) is 0. The van der Waals surface area contributed by atoms with Gasteiger partial charge in [0.1, 0.15) is 6.04 Å². The summed E-state index contributed by atoms with van der Waals surface area (Å²) in [6.45, 7) is 1.64. The van der Waals surface area contributed by atoms with Crippen molar-refractivity contribution < 1.29 is 9.21 Å². The summed E-state index contributed by atoms with van der Waals surface area (Å²) >= 11 is 1.42. The smallest absolute Gasteiger partial charge is 0.322 e. The van der Waals surface area contributed by atoms with Gasteiger partial charge < -0.3 is 10.2 Å². The average molecular weight is 238 g/mol. The lowest BCUT2D eigenvalue weighted by atomic mass is 10.2. The van der Waals surface area contributed by atoms with E-state index in [1.54, 1.807) is 13.0 Å². The van der Waals surface area contributed by atoms with Gasteiger partial charge in [0.15, 0.2) is 0 Å². The van der Waals surface area contributed by atoms with E-state index in [4.69, 9.17) is 10.2 Å². The number of hydrogen-bond donors (Lipinski definition) is 2. The summed E-state index contributed by atoms with van der Waals surface area (Å²) in [7, 11) is 0. The van der Waals surface area contributed by atoms with Crippen molar-refractivity contribution >= 4 is 23.3 Å². The Morgan fingerprint density at radius 3 is 3.00 bits per heavy atom. The molecule has 0 aliphatic heterocycles. The lowest BCUT2D eigenvalue weighted by Crippen LogP contribution is -2.27. The molecule has 0 aliphatic carbocycles. The fourth-order valence-corrected chi connectivity index (χ4v) is 1.85. The molecule has 7 heteroatoms. The maximum Gasteiger partial charge on any atom is 0.322 e. The molecule has 1 atom stereocenters. The van der Waals surface area contributed by atoms with Crippen LogP contribution in [0.3, 0.4) is 0 Å².